The molecule has 244 valence electrons. The fraction of sp³-hybridized carbons (Fsp3) is 0.735. The summed E-state index contributed by atoms with van der Waals surface area (Å²) in [7, 11) is -4.44. The van der Waals surface area contributed by atoms with Gasteiger partial charge in [-0.1, -0.05) is 120 Å². The summed E-state index contributed by atoms with van der Waals surface area (Å²) in [6.45, 7) is 4.38. The number of allylic oxidation sites excluding steroid dienone is 7. The van der Waals surface area contributed by atoms with Crippen LogP contribution < -0.4 is 5.32 Å². The van der Waals surface area contributed by atoms with Gasteiger partial charge in [-0.25, -0.2) is 0 Å². The number of carbonyl (C=O) groups excluding carboxylic acids is 1. The molecule has 0 fully saturated rings. The second-order valence-corrected chi connectivity index (χ2v) is 12.7. The molecule has 7 nitrogen and oxygen atoms in total. The predicted molar refractivity (Wildman–Crippen MR) is 176 cm³/mol. The second kappa shape index (κ2) is 28.1. The van der Waals surface area contributed by atoms with Crippen LogP contribution in [-0.2, 0) is 14.9 Å². The average molecular weight is 612 g/mol. The van der Waals surface area contributed by atoms with Crippen molar-refractivity contribution < 1.29 is 28.0 Å². The van der Waals surface area contributed by atoms with Crippen molar-refractivity contribution in [3.8, 4) is 0 Å². The Morgan fingerprint density at radius 2 is 1.14 bits per heavy atom. The Hall–Kier alpha value is -1.74. The highest BCUT2D eigenvalue weighted by molar-refractivity contribution is 7.85. The molecule has 42 heavy (non-hydrogen) atoms. The summed E-state index contributed by atoms with van der Waals surface area (Å²) >= 11 is 0. The van der Waals surface area contributed by atoms with E-state index in [1.54, 1.807) is 6.08 Å². The smallest absolute Gasteiger partial charge is 0.267 e. The lowest BCUT2D eigenvalue weighted by atomic mass is 10.0. The van der Waals surface area contributed by atoms with Gasteiger partial charge in [0.2, 0.25) is 5.91 Å². The van der Waals surface area contributed by atoms with E-state index in [2.05, 4.69) is 55.6 Å². The van der Waals surface area contributed by atoms with Gasteiger partial charge in [0.05, 0.1) is 17.9 Å². The van der Waals surface area contributed by atoms with Crippen molar-refractivity contribution in [2.24, 2.45) is 0 Å². The van der Waals surface area contributed by atoms with Crippen LogP contribution in [0.25, 0.3) is 0 Å². The van der Waals surface area contributed by atoms with Gasteiger partial charge in [0.15, 0.2) is 0 Å². The summed E-state index contributed by atoms with van der Waals surface area (Å²) in [5, 5.41) is 23.1. The number of aliphatic hydroxyl groups excluding tert-OH is 2. The number of hydrogen-bond donors (Lipinski definition) is 4. The van der Waals surface area contributed by atoms with Crippen LogP contribution in [0.3, 0.4) is 0 Å². The molecule has 0 rings (SSSR count). The molecule has 3 atom stereocenters. The first-order valence-electron chi connectivity index (χ1n) is 16.4. The molecule has 0 aliphatic heterocycles. The van der Waals surface area contributed by atoms with E-state index in [0.717, 1.165) is 57.8 Å². The highest BCUT2D eigenvalue weighted by Gasteiger charge is 2.27. The number of aliphatic hydroxyl groups is 2. The van der Waals surface area contributed by atoms with E-state index in [0.29, 0.717) is 12.8 Å². The molecular formula is C34H61NO6S. The number of carbonyl (C=O) groups is 1. The van der Waals surface area contributed by atoms with Crippen molar-refractivity contribution >= 4 is 16.0 Å². The number of amides is 1. The van der Waals surface area contributed by atoms with E-state index < -0.39 is 40.0 Å². The zero-order valence-electron chi connectivity index (χ0n) is 26.5. The normalized spacial score (nSPS) is 14.9. The first-order valence-corrected chi connectivity index (χ1v) is 18.1. The van der Waals surface area contributed by atoms with E-state index >= 15 is 0 Å². The van der Waals surface area contributed by atoms with Gasteiger partial charge in [0, 0.05) is 0 Å². The Bertz CT molecular complexity index is 865. The number of hydrogen-bond acceptors (Lipinski definition) is 5. The van der Waals surface area contributed by atoms with Crippen molar-refractivity contribution in [2.75, 3.05) is 5.75 Å². The van der Waals surface area contributed by atoms with E-state index in [1.807, 2.05) is 0 Å². The molecule has 0 aromatic rings. The summed E-state index contributed by atoms with van der Waals surface area (Å²) in [5.41, 5.74) is 0. The maximum absolute atomic E-state index is 12.5. The monoisotopic (exact) mass is 611 g/mol. The Balaban J connectivity index is 4.20. The molecule has 0 saturated carbocycles. The molecule has 0 bridgehead atoms. The third kappa shape index (κ3) is 27.1. The maximum atomic E-state index is 12.5. The minimum atomic E-state index is -4.44. The van der Waals surface area contributed by atoms with Crippen LogP contribution in [-0.4, -0.2) is 53.1 Å². The lowest BCUT2D eigenvalue weighted by Crippen LogP contribution is -2.50. The van der Waals surface area contributed by atoms with Gasteiger partial charge in [-0.05, 0) is 64.2 Å². The van der Waals surface area contributed by atoms with Crippen LogP contribution in [0.1, 0.15) is 136 Å². The largest absolute Gasteiger partial charge is 0.387 e. The van der Waals surface area contributed by atoms with Crippen LogP contribution >= 0.6 is 0 Å². The molecule has 0 aliphatic carbocycles. The van der Waals surface area contributed by atoms with Crippen LogP contribution in [0.15, 0.2) is 48.6 Å². The number of nitrogens with one attached hydrogen (secondary N) is 1. The molecular weight excluding hydrogens is 550 g/mol. The highest BCUT2D eigenvalue weighted by Crippen LogP contribution is 2.12. The van der Waals surface area contributed by atoms with Gasteiger partial charge < -0.3 is 15.5 Å². The molecule has 0 spiro atoms. The van der Waals surface area contributed by atoms with Crippen LogP contribution in [0, 0.1) is 0 Å². The summed E-state index contributed by atoms with van der Waals surface area (Å²) in [6, 6.07) is -1.25. The molecule has 0 aromatic heterocycles. The van der Waals surface area contributed by atoms with Gasteiger partial charge in [0.1, 0.15) is 6.10 Å². The summed E-state index contributed by atoms with van der Waals surface area (Å²) in [4.78, 5) is 12.5. The maximum Gasteiger partial charge on any atom is 0.267 e. The van der Waals surface area contributed by atoms with Gasteiger partial charge in [-0.15, -0.1) is 0 Å². The number of rotatable bonds is 28. The Labute approximate surface area is 257 Å². The fourth-order valence-corrected chi connectivity index (χ4v) is 5.23. The first-order chi connectivity index (χ1) is 20.2. The minimum absolute atomic E-state index is 0.260. The van der Waals surface area contributed by atoms with Gasteiger partial charge in [-0.3, -0.25) is 9.35 Å². The van der Waals surface area contributed by atoms with E-state index in [-0.39, 0.29) is 6.42 Å². The summed E-state index contributed by atoms with van der Waals surface area (Å²) in [5.74, 6) is -1.58. The second-order valence-electron chi connectivity index (χ2n) is 11.2. The fourth-order valence-electron chi connectivity index (χ4n) is 4.50. The van der Waals surface area contributed by atoms with E-state index in [9.17, 15) is 28.0 Å². The molecule has 0 aromatic carbocycles. The van der Waals surface area contributed by atoms with E-state index in [1.165, 1.54) is 51.0 Å². The predicted octanol–water partition coefficient (Wildman–Crippen LogP) is 7.76. The quantitative estimate of drug-likeness (QED) is 0.0407. The molecule has 0 aliphatic rings. The molecule has 0 saturated heterocycles. The topological polar surface area (TPSA) is 124 Å². The van der Waals surface area contributed by atoms with Crippen molar-refractivity contribution in [1.82, 2.24) is 5.32 Å². The molecule has 1 amide bonds. The number of unbranched alkanes of at least 4 members (excludes halogenated alkanes) is 13. The zero-order valence-corrected chi connectivity index (χ0v) is 27.3. The van der Waals surface area contributed by atoms with Gasteiger partial charge in [0.25, 0.3) is 10.1 Å². The van der Waals surface area contributed by atoms with E-state index in [4.69, 9.17) is 0 Å². The van der Waals surface area contributed by atoms with Crippen molar-refractivity contribution in [3.63, 3.8) is 0 Å². The van der Waals surface area contributed by atoms with Crippen LogP contribution in [0.4, 0.5) is 0 Å². The summed E-state index contributed by atoms with van der Waals surface area (Å²) in [6.07, 6.45) is 33.2. The molecule has 3 unspecified atom stereocenters. The van der Waals surface area contributed by atoms with Crippen molar-refractivity contribution in [2.45, 2.75) is 154 Å². The molecule has 8 heteroatoms. The van der Waals surface area contributed by atoms with Gasteiger partial charge in [-0.2, -0.15) is 8.42 Å². The zero-order chi connectivity index (χ0) is 31.3. The molecule has 4 N–H and O–H groups in total. The SMILES string of the molecule is CCCCC/C=C\C/C=C\CCCCCCCCC(O)C(=O)NC(CS(=O)(=O)O)C(O)/C=C/CC/C=C/CCCCC. The lowest BCUT2D eigenvalue weighted by Gasteiger charge is -2.22. The standard InChI is InChI=1S/C34H61NO6S/c1-3-5-7-9-11-13-14-15-16-17-18-19-21-23-25-27-29-33(37)34(38)35-31(30-42(39,40)41)32(36)28-26-24-22-20-12-10-8-6-4-2/h11-13,15-16,20,26,28,31-33,36-37H,3-10,14,17-19,21-25,27,29-30H2,1-2H3,(H,35,38)(H,39,40,41)/b13-11-,16-15-,20-12+,28-26+. The van der Waals surface area contributed by atoms with Crippen molar-refractivity contribution in [1.29, 1.82) is 0 Å². The van der Waals surface area contributed by atoms with Crippen LogP contribution in [0.2, 0.25) is 0 Å². The third-order valence-electron chi connectivity index (χ3n) is 7.09. The Morgan fingerprint density at radius 1 is 0.667 bits per heavy atom. The first kappa shape index (κ1) is 40.3. The third-order valence-corrected chi connectivity index (χ3v) is 7.87. The summed E-state index contributed by atoms with van der Waals surface area (Å²) < 4.78 is 32.2. The molecule has 0 radical (unpaired) electrons. The van der Waals surface area contributed by atoms with Gasteiger partial charge >= 0.3 is 0 Å². The highest BCUT2D eigenvalue weighted by atomic mass is 32.2. The average Bonchev–Trinajstić information content (AvgIpc) is 2.94. The lowest BCUT2D eigenvalue weighted by molar-refractivity contribution is -0.130. The minimum Gasteiger partial charge on any atom is -0.387 e. The van der Waals surface area contributed by atoms with Crippen LogP contribution in [0.5, 0.6) is 0 Å². The molecule has 0 heterocycles. The Kier molecular flexibility index (Phi) is 26.9. The Morgan fingerprint density at radius 3 is 1.71 bits per heavy atom. The van der Waals surface area contributed by atoms with Crippen molar-refractivity contribution in [3.05, 3.63) is 48.6 Å².